The minimum atomic E-state index is -0.596. The van der Waals surface area contributed by atoms with Gasteiger partial charge in [-0.25, -0.2) is 0 Å². The first-order chi connectivity index (χ1) is 9.95. The normalized spacial score (nSPS) is 11.8. The summed E-state index contributed by atoms with van der Waals surface area (Å²) in [6.45, 7) is 4.50. The number of carbonyl (C=O) groups is 1. The van der Waals surface area contributed by atoms with Gasteiger partial charge in [0, 0.05) is 11.0 Å². The van der Waals surface area contributed by atoms with Gasteiger partial charge in [-0.2, -0.15) is 0 Å². The van der Waals surface area contributed by atoms with Crippen LogP contribution in [0.5, 0.6) is 5.75 Å². The predicted octanol–water partition coefficient (Wildman–Crippen LogP) is 3.16. The number of halogens is 1. The van der Waals surface area contributed by atoms with E-state index < -0.39 is 6.10 Å². The summed E-state index contributed by atoms with van der Waals surface area (Å²) in [4.78, 5) is 12.2. The first-order valence-electron chi connectivity index (χ1n) is 6.99. The number of ether oxygens (including phenoxy) is 1. The highest BCUT2D eigenvalue weighted by Crippen LogP contribution is 2.24. The molecule has 0 radical (unpaired) electrons. The quantitative estimate of drug-likeness (QED) is 0.543. The third-order valence-corrected chi connectivity index (χ3v) is 3.67. The third kappa shape index (κ3) is 6.01. The highest BCUT2D eigenvalue weighted by atomic mass is 79.9. The maximum absolute atomic E-state index is 11.9. The lowest BCUT2D eigenvalue weighted by Crippen LogP contribution is -2.37. The Balaban J connectivity index is 2.63. The molecule has 1 aromatic rings. The Bertz CT molecular complexity index is 508. The topological polar surface area (TPSA) is 64.3 Å². The van der Waals surface area contributed by atoms with Crippen molar-refractivity contribution < 1.29 is 9.53 Å². The fourth-order valence-electron chi connectivity index (χ4n) is 1.77. The van der Waals surface area contributed by atoms with Crippen LogP contribution in [0.2, 0.25) is 0 Å². The van der Waals surface area contributed by atoms with E-state index >= 15 is 0 Å². The zero-order valence-electron chi connectivity index (χ0n) is 12.3. The second-order valence-electron chi connectivity index (χ2n) is 4.76. The van der Waals surface area contributed by atoms with Crippen LogP contribution in [0.1, 0.15) is 38.7 Å². The minimum Gasteiger partial charge on any atom is -0.480 e. The largest absolute Gasteiger partial charge is 0.480 e. The molecule has 116 valence electrons. The molecule has 6 heteroatoms. The van der Waals surface area contributed by atoms with Crippen LogP contribution in [0.3, 0.4) is 0 Å². The zero-order valence-corrected chi connectivity index (χ0v) is 14.7. The molecule has 4 nitrogen and oxygen atoms in total. The van der Waals surface area contributed by atoms with E-state index in [1.54, 1.807) is 19.1 Å². The van der Waals surface area contributed by atoms with Gasteiger partial charge in [0.25, 0.3) is 5.91 Å². The number of thiocarbonyl (C=S) groups is 1. The summed E-state index contributed by atoms with van der Waals surface area (Å²) in [6, 6.07) is 5.35. The Labute approximate surface area is 139 Å². The molecule has 0 bridgehead atoms. The van der Waals surface area contributed by atoms with Gasteiger partial charge in [0.05, 0.1) is 5.56 Å². The van der Waals surface area contributed by atoms with Crippen molar-refractivity contribution >= 4 is 39.0 Å². The van der Waals surface area contributed by atoms with Crippen molar-refractivity contribution in [1.82, 2.24) is 5.32 Å². The molecule has 0 aliphatic carbocycles. The molecule has 21 heavy (non-hydrogen) atoms. The average molecular weight is 373 g/mol. The van der Waals surface area contributed by atoms with E-state index in [1.807, 2.05) is 6.07 Å². The van der Waals surface area contributed by atoms with E-state index in [-0.39, 0.29) is 10.9 Å². The van der Waals surface area contributed by atoms with Crippen molar-refractivity contribution in [2.24, 2.45) is 5.73 Å². The molecule has 0 saturated heterocycles. The first kappa shape index (κ1) is 17.9. The van der Waals surface area contributed by atoms with E-state index in [1.165, 1.54) is 0 Å². The van der Waals surface area contributed by atoms with E-state index in [0.717, 1.165) is 23.7 Å². The van der Waals surface area contributed by atoms with Gasteiger partial charge in [-0.3, -0.25) is 4.79 Å². The molecule has 3 N–H and O–H groups in total. The number of unbranched alkanes of at least 4 members (excludes halogenated alkanes) is 2. The molecular weight excluding hydrogens is 352 g/mol. The Morgan fingerprint density at radius 1 is 1.48 bits per heavy atom. The van der Waals surface area contributed by atoms with Crippen LogP contribution in [0, 0.1) is 0 Å². The van der Waals surface area contributed by atoms with E-state index in [9.17, 15) is 4.79 Å². The fourth-order valence-corrected chi connectivity index (χ4v) is 2.29. The van der Waals surface area contributed by atoms with E-state index in [0.29, 0.717) is 17.9 Å². The molecule has 0 heterocycles. The van der Waals surface area contributed by atoms with Gasteiger partial charge in [-0.15, -0.1) is 0 Å². The molecule has 0 fully saturated rings. The van der Waals surface area contributed by atoms with Gasteiger partial charge in [-0.05, 0) is 31.5 Å². The summed E-state index contributed by atoms with van der Waals surface area (Å²) in [5, 5.41) is 2.86. The van der Waals surface area contributed by atoms with Gasteiger partial charge >= 0.3 is 0 Å². The lowest BCUT2D eigenvalue weighted by Gasteiger charge is -2.17. The smallest absolute Gasteiger partial charge is 0.260 e. The van der Waals surface area contributed by atoms with Crippen LogP contribution in [0.15, 0.2) is 22.7 Å². The number of amides is 1. The third-order valence-electron chi connectivity index (χ3n) is 2.96. The predicted molar refractivity (Wildman–Crippen MR) is 92.7 cm³/mol. The van der Waals surface area contributed by atoms with Crippen LogP contribution in [0.4, 0.5) is 0 Å². The summed E-state index contributed by atoms with van der Waals surface area (Å²) >= 11 is 8.36. The Morgan fingerprint density at radius 2 is 2.19 bits per heavy atom. The Hall–Kier alpha value is -1.14. The van der Waals surface area contributed by atoms with E-state index in [4.69, 9.17) is 22.7 Å². The molecule has 1 unspecified atom stereocenters. The SMILES string of the molecule is CCCCCNC(=O)C(C)Oc1ccc(Br)cc1C(N)=S. The van der Waals surface area contributed by atoms with Gasteiger partial charge in [0.15, 0.2) is 6.10 Å². The molecule has 1 rings (SSSR count). The number of hydrogen-bond donors (Lipinski definition) is 2. The van der Waals surface area contributed by atoms with Gasteiger partial charge < -0.3 is 15.8 Å². The number of benzene rings is 1. The number of hydrogen-bond acceptors (Lipinski definition) is 3. The summed E-state index contributed by atoms with van der Waals surface area (Å²) < 4.78 is 6.54. The molecule has 0 spiro atoms. The Morgan fingerprint density at radius 3 is 2.81 bits per heavy atom. The molecule has 1 aromatic carbocycles. The fraction of sp³-hybridized carbons (Fsp3) is 0.467. The summed E-state index contributed by atoms with van der Waals surface area (Å²) in [7, 11) is 0. The van der Waals surface area contributed by atoms with Crippen LogP contribution < -0.4 is 15.8 Å². The highest BCUT2D eigenvalue weighted by molar-refractivity contribution is 9.10. The highest BCUT2D eigenvalue weighted by Gasteiger charge is 2.16. The molecular formula is C15H21BrN2O2S. The Kier molecular flexibility index (Phi) is 7.67. The summed E-state index contributed by atoms with van der Waals surface area (Å²) in [6.07, 6.45) is 2.61. The monoisotopic (exact) mass is 372 g/mol. The first-order valence-corrected chi connectivity index (χ1v) is 8.19. The van der Waals surface area contributed by atoms with Crippen molar-refractivity contribution in [2.45, 2.75) is 39.2 Å². The van der Waals surface area contributed by atoms with Crippen LogP contribution in [-0.2, 0) is 4.79 Å². The summed E-state index contributed by atoms with van der Waals surface area (Å²) in [5.74, 6) is 0.379. The molecule has 1 amide bonds. The van der Waals surface area contributed by atoms with Crippen molar-refractivity contribution in [3.63, 3.8) is 0 Å². The molecule has 0 aliphatic rings. The lowest BCUT2D eigenvalue weighted by atomic mass is 10.2. The minimum absolute atomic E-state index is 0.136. The average Bonchev–Trinajstić information content (AvgIpc) is 2.44. The molecule has 0 saturated carbocycles. The van der Waals surface area contributed by atoms with Crippen molar-refractivity contribution in [2.75, 3.05) is 6.54 Å². The van der Waals surface area contributed by atoms with Crippen molar-refractivity contribution in [3.05, 3.63) is 28.2 Å². The van der Waals surface area contributed by atoms with Gasteiger partial charge in [0.2, 0.25) is 0 Å². The summed E-state index contributed by atoms with van der Waals surface area (Å²) in [5.41, 5.74) is 6.29. The van der Waals surface area contributed by atoms with Crippen LogP contribution >= 0.6 is 28.1 Å². The van der Waals surface area contributed by atoms with Gasteiger partial charge in [0.1, 0.15) is 10.7 Å². The number of rotatable bonds is 8. The number of nitrogens with one attached hydrogen (secondary N) is 1. The molecule has 1 atom stereocenters. The van der Waals surface area contributed by atoms with Crippen LogP contribution in [-0.4, -0.2) is 23.5 Å². The van der Waals surface area contributed by atoms with Crippen molar-refractivity contribution in [1.29, 1.82) is 0 Å². The lowest BCUT2D eigenvalue weighted by molar-refractivity contribution is -0.127. The second-order valence-corrected chi connectivity index (χ2v) is 6.12. The van der Waals surface area contributed by atoms with Gasteiger partial charge in [-0.1, -0.05) is 47.9 Å². The van der Waals surface area contributed by atoms with E-state index in [2.05, 4.69) is 28.2 Å². The molecule has 0 aliphatic heterocycles. The maximum atomic E-state index is 11.9. The molecule has 0 aromatic heterocycles. The number of nitrogens with two attached hydrogens (primary N) is 1. The maximum Gasteiger partial charge on any atom is 0.260 e. The number of carbonyl (C=O) groups excluding carboxylic acids is 1. The second kappa shape index (κ2) is 9.00. The van der Waals surface area contributed by atoms with Crippen LogP contribution in [0.25, 0.3) is 0 Å². The standard InChI is InChI=1S/C15H21BrN2O2S/c1-3-4-5-8-18-15(19)10(2)20-13-7-6-11(16)9-12(13)14(17)21/h6-7,9-10H,3-5,8H2,1-2H3,(H2,17,21)(H,18,19). The van der Waals surface area contributed by atoms with Crippen molar-refractivity contribution in [3.8, 4) is 5.75 Å². The zero-order chi connectivity index (χ0) is 15.8.